The third kappa shape index (κ3) is 8.37. The summed E-state index contributed by atoms with van der Waals surface area (Å²) in [5.41, 5.74) is 14.6. The SMILES string of the molecule is CN.CN.O=C(Oc1ccc(Cc2ccc(Cc3ccccc3)cc2)cc1)c1ccccc1. The van der Waals surface area contributed by atoms with Gasteiger partial charge in [-0.15, -0.1) is 0 Å². The molecule has 0 saturated heterocycles. The van der Waals surface area contributed by atoms with Gasteiger partial charge >= 0.3 is 5.97 Å². The highest BCUT2D eigenvalue weighted by Gasteiger charge is 2.07. The molecular formula is C29H32N2O2. The van der Waals surface area contributed by atoms with Crippen LogP contribution in [0.3, 0.4) is 0 Å². The van der Waals surface area contributed by atoms with Gasteiger partial charge in [-0.25, -0.2) is 4.79 Å². The van der Waals surface area contributed by atoms with E-state index >= 15 is 0 Å². The number of hydrogen-bond donors (Lipinski definition) is 2. The van der Waals surface area contributed by atoms with Crippen LogP contribution in [0.5, 0.6) is 5.75 Å². The molecule has 0 unspecified atom stereocenters. The summed E-state index contributed by atoms with van der Waals surface area (Å²) in [6, 6.07) is 36.0. The molecule has 4 heteroatoms. The van der Waals surface area contributed by atoms with Crippen molar-refractivity contribution in [3.05, 3.63) is 137 Å². The van der Waals surface area contributed by atoms with Crippen molar-refractivity contribution < 1.29 is 9.53 Å². The van der Waals surface area contributed by atoms with Gasteiger partial charge in [0.05, 0.1) is 5.56 Å². The fourth-order valence-corrected chi connectivity index (χ4v) is 3.26. The quantitative estimate of drug-likeness (QED) is 0.318. The first-order chi connectivity index (χ1) is 16.3. The van der Waals surface area contributed by atoms with Gasteiger partial charge in [0.15, 0.2) is 0 Å². The molecule has 4 aromatic rings. The fraction of sp³-hybridized carbons (Fsp3) is 0.138. The monoisotopic (exact) mass is 440 g/mol. The molecule has 0 atom stereocenters. The fourth-order valence-electron chi connectivity index (χ4n) is 3.26. The van der Waals surface area contributed by atoms with Crippen LogP contribution in [0.4, 0.5) is 0 Å². The molecular weight excluding hydrogens is 408 g/mol. The predicted molar refractivity (Wildman–Crippen MR) is 137 cm³/mol. The number of nitrogens with two attached hydrogens (primary N) is 2. The summed E-state index contributed by atoms with van der Waals surface area (Å²) in [5, 5.41) is 0. The average Bonchev–Trinajstić information content (AvgIpc) is 2.90. The van der Waals surface area contributed by atoms with Crippen molar-refractivity contribution in [2.45, 2.75) is 12.8 Å². The van der Waals surface area contributed by atoms with Crippen LogP contribution in [0.1, 0.15) is 32.6 Å². The number of rotatable bonds is 6. The number of carbonyl (C=O) groups is 1. The van der Waals surface area contributed by atoms with Gasteiger partial charge in [-0.1, -0.05) is 84.9 Å². The van der Waals surface area contributed by atoms with E-state index in [0.717, 1.165) is 12.8 Å². The minimum Gasteiger partial charge on any atom is -0.423 e. The summed E-state index contributed by atoms with van der Waals surface area (Å²) < 4.78 is 5.44. The minimum atomic E-state index is -0.340. The van der Waals surface area contributed by atoms with Crippen molar-refractivity contribution in [3.8, 4) is 5.75 Å². The van der Waals surface area contributed by atoms with E-state index in [4.69, 9.17) is 4.74 Å². The molecule has 0 aliphatic heterocycles. The molecule has 0 radical (unpaired) electrons. The van der Waals surface area contributed by atoms with Gasteiger partial charge in [0.2, 0.25) is 0 Å². The van der Waals surface area contributed by atoms with Crippen molar-refractivity contribution in [1.29, 1.82) is 0 Å². The molecule has 0 aromatic heterocycles. The Labute approximate surface area is 196 Å². The molecule has 4 aromatic carbocycles. The average molecular weight is 441 g/mol. The number of benzene rings is 4. The molecule has 4 N–H and O–H groups in total. The highest BCUT2D eigenvalue weighted by molar-refractivity contribution is 5.90. The molecule has 4 rings (SSSR count). The lowest BCUT2D eigenvalue weighted by Crippen LogP contribution is -2.08. The van der Waals surface area contributed by atoms with Crippen LogP contribution < -0.4 is 16.2 Å². The van der Waals surface area contributed by atoms with Crippen molar-refractivity contribution in [3.63, 3.8) is 0 Å². The zero-order chi connectivity index (χ0) is 23.9. The Morgan fingerprint density at radius 2 is 0.909 bits per heavy atom. The maximum atomic E-state index is 12.1. The first kappa shape index (κ1) is 25.5. The van der Waals surface area contributed by atoms with Gasteiger partial charge in [-0.2, -0.15) is 0 Å². The molecule has 0 spiro atoms. The summed E-state index contributed by atoms with van der Waals surface area (Å²) >= 11 is 0. The molecule has 0 saturated carbocycles. The summed E-state index contributed by atoms with van der Waals surface area (Å²) in [5.74, 6) is 0.216. The van der Waals surface area contributed by atoms with Crippen LogP contribution >= 0.6 is 0 Å². The molecule has 0 heterocycles. The predicted octanol–water partition coefficient (Wildman–Crippen LogP) is 5.24. The van der Waals surface area contributed by atoms with Crippen molar-refractivity contribution in [1.82, 2.24) is 0 Å². The first-order valence-electron chi connectivity index (χ1n) is 10.9. The second-order valence-electron chi connectivity index (χ2n) is 7.06. The number of hydrogen-bond acceptors (Lipinski definition) is 4. The van der Waals surface area contributed by atoms with Crippen LogP contribution in [-0.4, -0.2) is 20.1 Å². The van der Waals surface area contributed by atoms with Crippen LogP contribution in [0.2, 0.25) is 0 Å². The molecule has 0 aliphatic carbocycles. The van der Waals surface area contributed by atoms with Crippen LogP contribution in [-0.2, 0) is 12.8 Å². The Morgan fingerprint density at radius 3 is 1.36 bits per heavy atom. The Morgan fingerprint density at radius 1 is 0.545 bits per heavy atom. The lowest BCUT2D eigenvalue weighted by atomic mass is 10.0. The summed E-state index contributed by atoms with van der Waals surface area (Å²) in [7, 11) is 3.00. The summed E-state index contributed by atoms with van der Waals surface area (Å²) in [6.07, 6.45) is 1.79. The summed E-state index contributed by atoms with van der Waals surface area (Å²) in [6.45, 7) is 0. The summed E-state index contributed by atoms with van der Waals surface area (Å²) in [4.78, 5) is 12.1. The van der Waals surface area contributed by atoms with E-state index in [-0.39, 0.29) is 5.97 Å². The van der Waals surface area contributed by atoms with Gasteiger partial charge < -0.3 is 16.2 Å². The third-order valence-electron chi connectivity index (χ3n) is 4.83. The number of ether oxygens (including phenoxy) is 1. The molecule has 170 valence electrons. The Kier molecular flexibility index (Phi) is 11.1. The molecule has 33 heavy (non-hydrogen) atoms. The maximum absolute atomic E-state index is 12.1. The Balaban J connectivity index is 0.000000914. The van der Waals surface area contributed by atoms with E-state index in [1.54, 1.807) is 12.1 Å². The van der Waals surface area contributed by atoms with Crippen molar-refractivity contribution in [2.24, 2.45) is 11.5 Å². The molecule has 0 aliphatic rings. The smallest absolute Gasteiger partial charge is 0.343 e. The zero-order valence-corrected chi connectivity index (χ0v) is 19.3. The zero-order valence-electron chi connectivity index (χ0n) is 19.3. The number of esters is 1. The van der Waals surface area contributed by atoms with E-state index in [9.17, 15) is 4.79 Å². The van der Waals surface area contributed by atoms with E-state index < -0.39 is 0 Å². The minimum absolute atomic E-state index is 0.340. The second kappa shape index (κ2) is 14.4. The van der Waals surface area contributed by atoms with Gasteiger partial charge in [-0.05, 0) is 73.5 Å². The maximum Gasteiger partial charge on any atom is 0.343 e. The van der Waals surface area contributed by atoms with E-state index in [2.05, 4.69) is 60.0 Å². The van der Waals surface area contributed by atoms with Crippen molar-refractivity contribution in [2.75, 3.05) is 14.1 Å². The first-order valence-corrected chi connectivity index (χ1v) is 10.9. The highest BCUT2D eigenvalue weighted by Crippen LogP contribution is 2.18. The molecule has 4 nitrogen and oxygen atoms in total. The van der Waals surface area contributed by atoms with Gasteiger partial charge in [-0.3, -0.25) is 0 Å². The lowest BCUT2D eigenvalue weighted by molar-refractivity contribution is 0.0734. The van der Waals surface area contributed by atoms with E-state index in [0.29, 0.717) is 11.3 Å². The van der Waals surface area contributed by atoms with Gasteiger partial charge in [0.25, 0.3) is 0 Å². The second-order valence-corrected chi connectivity index (χ2v) is 7.06. The normalized spacial score (nSPS) is 9.58. The van der Waals surface area contributed by atoms with Gasteiger partial charge in [0, 0.05) is 0 Å². The highest BCUT2D eigenvalue weighted by atomic mass is 16.5. The number of carbonyl (C=O) groups excluding carboxylic acids is 1. The topological polar surface area (TPSA) is 78.3 Å². The van der Waals surface area contributed by atoms with Crippen molar-refractivity contribution >= 4 is 5.97 Å². The molecule has 0 amide bonds. The standard InChI is InChI=1S/C27H22O2.2CH5N/c28-27(25-9-5-2-6-10-25)29-26-17-15-24(16-18-26)20-23-13-11-22(12-14-23)19-21-7-3-1-4-8-21;2*1-2/h1-18H,19-20H2;2*2H2,1H3. The molecule has 0 bridgehead atoms. The van der Waals surface area contributed by atoms with Crippen LogP contribution in [0.25, 0.3) is 0 Å². The lowest BCUT2D eigenvalue weighted by Gasteiger charge is -2.07. The van der Waals surface area contributed by atoms with Crippen LogP contribution in [0, 0.1) is 0 Å². The Hall–Kier alpha value is -3.73. The van der Waals surface area contributed by atoms with E-state index in [1.165, 1.54) is 36.3 Å². The largest absolute Gasteiger partial charge is 0.423 e. The van der Waals surface area contributed by atoms with Crippen LogP contribution in [0.15, 0.2) is 109 Å². The molecule has 0 fully saturated rings. The third-order valence-corrected chi connectivity index (χ3v) is 4.83. The van der Waals surface area contributed by atoms with Gasteiger partial charge in [0.1, 0.15) is 5.75 Å². The Bertz CT molecular complexity index is 1060. The van der Waals surface area contributed by atoms with E-state index in [1.807, 2.05) is 48.5 Å².